The van der Waals surface area contributed by atoms with E-state index in [1.165, 1.54) is 6.07 Å². The number of aromatic nitrogens is 3. The molecule has 0 bridgehead atoms. The zero-order chi connectivity index (χ0) is 29.0. The van der Waals surface area contributed by atoms with Crippen molar-refractivity contribution in [2.75, 3.05) is 51.3 Å². The summed E-state index contributed by atoms with van der Waals surface area (Å²) in [5.74, 6) is 0.655. The van der Waals surface area contributed by atoms with Crippen LogP contribution in [0.4, 0.5) is 19.0 Å². The monoisotopic (exact) mass is 572 g/mol. The number of hydrogen-bond donors (Lipinski definition) is 2. The Morgan fingerprint density at radius 3 is 2.63 bits per heavy atom. The van der Waals surface area contributed by atoms with Crippen LogP contribution in [0, 0.1) is 12.8 Å². The Morgan fingerprint density at radius 1 is 1.10 bits per heavy atom. The molecule has 1 unspecified atom stereocenters. The molecule has 41 heavy (non-hydrogen) atoms. The number of piperidine rings is 1. The van der Waals surface area contributed by atoms with Gasteiger partial charge in [0.25, 0.3) is 0 Å². The van der Waals surface area contributed by atoms with E-state index in [-0.39, 0.29) is 12.0 Å². The molecule has 2 aliphatic rings. The summed E-state index contributed by atoms with van der Waals surface area (Å²) in [6.07, 6.45) is 1.43. The van der Waals surface area contributed by atoms with Crippen molar-refractivity contribution < 1.29 is 23.0 Å². The zero-order valence-corrected chi connectivity index (χ0v) is 23.6. The normalized spacial score (nSPS) is 21.6. The molecule has 1 aromatic carbocycles. The van der Waals surface area contributed by atoms with Crippen LogP contribution in [0.2, 0.25) is 0 Å². The van der Waals surface area contributed by atoms with E-state index in [1.807, 2.05) is 42.2 Å². The number of hydrogen-bond acceptors (Lipinski definition) is 7. The van der Waals surface area contributed by atoms with E-state index in [2.05, 4.69) is 32.1 Å². The Kier molecular flexibility index (Phi) is 9.28. The smallest absolute Gasteiger partial charge is 0.379 e. The lowest BCUT2D eigenvalue weighted by molar-refractivity contribution is -0.137. The first kappa shape index (κ1) is 29.5. The molecule has 11 heteroatoms. The second kappa shape index (κ2) is 12.9. The van der Waals surface area contributed by atoms with Crippen LogP contribution in [0.3, 0.4) is 0 Å². The van der Waals surface area contributed by atoms with Crippen molar-refractivity contribution in [1.29, 1.82) is 0 Å². The van der Waals surface area contributed by atoms with Crippen LogP contribution in [-0.2, 0) is 17.5 Å². The van der Waals surface area contributed by atoms with Crippen LogP contribution in [0.25, 0.3) is 11.1 Å². The van der Waals surface area contributed by atoms with Gasteiger partial charge in [0.1, 0.15) is 12.0 Å². The fraction of sp³-hybridized carbons (Fsp3) is 0.533. The number of morpholine rings is 1. The highest BCUT2D eigenvalue weighted by molar-refractivity contribution is 5.67. The number of rotatable bonds is 9. The number of aliphatic hydroxyl groups is 1. The molecule has 0 spiro atoms. The first-order chi connectivity index (χ1) is 19.7. The van der Waals surface area contributed by atoms with Gasteiger partial charge in [0.2, 0.25) is 0 Å². The summed E-state index contributed by atoms with van der Waals surface area (Å²) >= 11 is 0. The van der Waals surface area contributed by atoms with Crippen molar-refractivity contribution in [3.8, 4) is 11.1 Å². The number of likely N-dealkylation sites (tertiary alicyclic amines) is 1. The molecule has 222 valence electrons. The Hall–Kier alpha value is -2.99. The SMILES string of the molecule is Cc1ccc(-c2cnn(CCN3CCOCC3)c2)c(C(O)N2CCC[C@@H](C)[C@H]2CNc2ccc(C(F)(F)F)cn2)c1. The highest BCUT2D eigenvalue weighted by Crippen LogP contribution is 2.36. The molecule has 0 radical (unpaired) electrons. The average molecular weight is 573 g/mol. The third kappa shape index (κ3) is 7.27. The first-order valence-corrected chi connectivity index (χ1v) is 14.3. The van der Waals surface area contributed by atoms with Gasteiger partial charge in [0.15, 0.2) is 0 Å². The number of anilines is 1. The summed E-state index contributed by atoms with van der Waals surface area (Å²) in [5, 5.41) is 19.6. The highest BCUT2D eigenvalue weighted by Gasteiger charge is 2.35. The van der Waals surface area contributed by atoms with Gasteiger partial charge in [-0.3, -0.25) is 14.5 Å². The molecular weight excluding hydrogens is 533 g/mol. The number of nitrogens with one attached hydrogen (secondary N) is 1. The number of alkyl halides is 3. The van der Waals surface area contributed by atoms with Gasteiger partial charge < -0.3 is 15.2 Å². The largest absolute Gasteiger partial charge is 0.417 e. The topological polar surface area (TPSA) is 78.7 Å². The van der Waals surface area contributed by atoms with Crippen LogP contribution in [0.5, 0.6) is 0 Å². The van der Waals surface area contributed by atoms with Gasteiger partial charge in [0.05, 0.1) is 31.5 Å². The molecule has 2 fully saturated rings. The minimum Gasteiger partial charge on any atom is -0.379 e. The molecule has 2 saturated heterocycles. The number of aryl methyl sites for hydroxylation is 1. The molecule has 0 amide bonds. The molecule has 3 aromatic rings. The fourth-order valence-electron chi connectivity index (χ4n) is 5.81. The number of benzene rings is 1. The highest BCUT2D eigenvalue weighted by atomic mass is 19.4. The maximum absolute atomic E-state index is 12.9. The standard InChI is InChI=1S/C30H39F3N6O2/c1-21-5-7-25(23-17-36-38(20-23)11-10-37-12-14-41-15-13-37)26(16-21)29(40)39-9-3-4-22(2)27(39)19-35-28-8-6-24(18-34-28)30(31,32)33/h5-8,16-18,20,22,27,29,40H,3-4,9-15,19H2,1-2H3,(H,34,35)/t22-,27-,29?/m1/s1. The maximum Gasteiger partial charge on any atom is 0.417 e. The summed E-state index contributed by atoms with van der Waals surface area (Å²) in [5.41, 5.74) is 2.99. The molecule has 8 nitrogen and oxygen atoms in total. The van der Waals surface area contributed by atoms with Crippen molar-refractivity contribution in [3.05, 3.63) is 65.6 Å². The lowest BCUT2D eigenvalue weighted by Crippen LogP contribution is -2.49. The molecule has 2 aromatic heterocycles. The van der Waals surface area contributed by atoms with Gasteiger partial charge in [0, 0.05) is 62.3 Å². The Labute approximate surface area is 239 Å². The summed E-state index contributed by atoms with van der Waals surface area (Å²) in [6.45, 7) is 10.4. The van der Waals surface area contributed by atoms with E-state index in [4.69, 9.17) is 4.74 Å². The van der Waals surface area contributed by atoms with Crippen molar-refractivity contribution in [2.45, 2.75) is 51.7 Å². The molecule has 4 heterocycles. The third-order valence-corrected chi connectivity index (χ3v) is 8.23. The molecule has 0 saturated carbocycles. The van der Waals surface area contributed by atoms with Gasteiger partial charge in [-0.15, -0.1) is 0 Å². The van der Waals surface area contributed by atoms with E-state index in [9.17, 15) is 18.3 Å². The number of nitrogens with zero attached hydrogens (tertiary/aromatic N) is 5. The Bertz CT molecular complexity index is 1280. The first-order valence-electron chi connectivity index (χ1n) is 14.3. The van der Waals surface area contributed by atoms with Crippen LogP contribution in [0.15, 0.2) is 48.9 Å². The van der Waals surface area contributed by atoms with Gasteiger partial charge in [-0.1, -0.05) is 30.7 Å². The van der Waals surface area contributed by atoms with Crippen molar-refractivity contribution >= 4 is 5.82 Å². The van der Waals surface area contributed by atoms with Gasteiger partial charge in [-0.2, -0.15) is 18.3 Å². The molecule has 3 atom stereocenters. The van der Waals surface area contributed by atoms with Crippen molar-refractivity contribution in [2.24, 2.45) is 5.92 Å². The van der Waals surface area contributed by atoms with E-state index in [0.717, 1.165) is 86.8 Å². The lowest BCUT2D eigenvalue weighted by atomic mass is 9.88. The van der Waals surface area contributed by atoms with Crippen LogP contribution >= 0.6 is 0 Å². The van der Waals surface area contributed by atoms with Crippen LogP contribution in [0.1, 0.15) is 42.7 Å². The third-order valence-electron chi connectivity index (χ3n) is 8.23. The van der Waals surface area contributed by atoms with Gasteiger partial charge in [-0.05, 0) is 43.4 Å². The van der Waals surface area contributed by atoms with Crippen molar-refractivity contribution in [1.82, 2.24) is 24.6 Å². The van der Waals surface area contributed by atoms with Crippen molar-refractivity contribution in [3.63, 3.8) is 0 Å². The number of halogens is 3. The minimum absolute atomic E-state index is 0.0348. The predicted octanol–water partition coefficient (Wildman–Crippen LogP) is 4.81. The summed E-state index contributed by atoms with van der Waals surface area (Å²) in [7, 11) is 0. The fourth-order valence-corrected chi connectivity index (χ4v) is 5.81. The quantitative estimate of drug-likeness (QED) is 0.381. The van der Waals surface area contributed by atoms with Gasteiger partial charge >= 0.3 is 6.18 Å². The summed E-state index contributed by atoms with van der Waals surface area (Å²) < 4.78 is 46.2. The van der Waals surface area contributed by atoms with E-state index in [1.54, 1.807) is 0 Å². The number of aliphatic hydroxyl groups excluding tert-OH is 1. The second-order valence-electron chi connectivity index (χ2n) is 11.1. The molecule has 0 aliphatic carbocycles. The maximum atomic E-state index is 12.9. The zero-order valence-electron chi connectivity index (χ0n) is 23.6. The van der Waals surface area contributed by atoms with Gasteiger partial charge in [-0.25, -0.2) is 4.98 Å². The Balaban J connectivity index is 1.31. The van der Waals surface area contributed by atoms with E-state index >= 15 is 0 Å². The molecular formula is C30H39F3N6O2. The van der Waals surface area contributed by atoms with E-state index in [0.29, 0.717) is 18.9 Å². The molecule has 5 rings (SSSR count). The lowest BCUT2D eigenvalue weighted by Gasteiger charge is -2.43. The molecule has 2 N–H and O–H groups in total. The molecule has 2 aliphatic heterocycles. The minimum atomic E-state index is -4.42. The second-order valence-corrected chi connectivity index (χ2v) is 11.1. The van der Waals surface area contributed by atoms with E-state index < -0.39 is 18.0 Å². The van der Waals surface area contributed by atoms with Crippen LogP contribution < -0.4 is 5.32 Å². The summed E-state index contributed by atoms with van der Waals surface area (Å²) in [4.78, 5) is 8.44. The summed E-state index contributed by atoms with van der Waals surface area (Å²) in [6, 6.07) is 8.48. The Morgan fingerprint density at radius 2 is 1.90 bits per heavy atom. The number of pyridine rings is 1. The predicted molar refractivity (Wildman–Crippen MR) is 151 cm³/mol. The average Bonchev–Trinajstić information content (AvgIpc) is 3.44. The number of ether oxygens (including phenoxy) is 1. The van der Waals surface area contributed by atoms with Crippen LogP contribution in [-0.4, -0.2) is 81.7 Å².